The number of rotatable bonds is 8. The summed E-state index contributed by atoms with van der Waals surface area (Å²) in [5.74, 6) is -1.17. The number of methoxy groups -OCH3 is 1. The quantitative estimate of drug-likeness (QED) is 0.308. The molecule has 186 valence electrons. The predicted octanol–water partition coefficient (Wildman–Crippen LogP) is 4.26. The van der Waals surface area contributed by atoms with Crippen molar-refractivity contribution in [2.75, 3.05) is 26.5 Å². The lowest BCUT2D eigenvalue weighted by atomic mass is 9.95. The number of nitrogens with one attached hydrogen (secondary N) is 1. The second-order valence-corrected chi connectivity index (χ2v) is 9.67. The molecule has 1 aliphatic rings. The monoisotopic (exact) mass is 535 g/mol. The molecule has 1 aliphatic heterocycles. The average Bonchev–Trinajstić information content (AvgIpc) is 2.89. The van der Waals surface area contributed by atoms with E-state index in [0.717, 1.165) is 10.5 Å². The van der Waals surface area contributed by atoms with Crippen LogP contribution >= 0.6 is 35.0 Å². The molecule has 1 N–H and O–H groups in total. The first-order valence-corrected chi connectivity index (χ1v) is 13.1. The number of pyridine rings is 1. The van der Waals surface area contributed by atoms with Crippen LogP contribution in [-0.4, -0.2) is 60.2 Å². The zero-order chi connectivity index (χ0) is 25.4. The highest BCUT2D eigenvalue weighted by molar-refractivity contribution is 7.98. The number of esters is 1. The van der Waals surface area contributed by atoms with Crippen molar-refractivity contribution in [3.63, 3.8) is 0 Å². The van der Waals surface area contributed by atoms with Crippen molar-refractivity contribution >= 4 is 58.8 Å². The van der Waals surface area contributed by atoms with E-state index < -0.39 is 12.0 Å². The highest BCUT2D eigenvalue weighted by Crippen LogP contribution is 2.35. The molecule has 2 amide bonds. The number of piperidine rings is 1. The van der Waals surface area contributed by atoms with Crippen LogP contribution in [0.2, 0.25) is 10.0 Å². The number of halogens is 2. The van der Waals surface area contributed by atoms with Gasteiger partial charge in [0.25, 0.3) is 0 Å². The molecule has 1 saturated heterocycles. The van der Waals surface area contributed by atoms with Crippen molar-refractivity contribution in [1.29, 1.82) is 0 Å². The molecule has 0 unspecified atom stereocenters. The number of hydrogen-bond acceptors (Lipinski definition) is 6. The van der Waals surface area contributed by atoms with Crippen LogP contribution in [-0.2, 0) is 25.5 Å². The molecule has 0 saturated carbocycles. The first kappa shape index (κ1) is 27.0. The molecule has 7 nitrogen and oxygen atoms in total. The summed E-state index contributed by atoms with van der Waals surface area (Å²) in [6, 6.07) is 6.48. The molecule has 1 aromatic carbocycles. The lowest BCUT2D eigenvalue weighted by Crippen LogP contribution is -2.48. The van der Waals surface area contributed by atoms with Crippen LogP contribution in [0.25, 0.3) is 6.08 Å². The molecule has 0 radical (unpaired) electrons. The smallest absolute Gasteiger partial charge is 0.328 e. The van der Waals surface area contributed by atoms with Gasteiger partial charge in [-0.1, -0.05) is 29.3 Å². The first-order chi connectivity index (χ1) is 16.8. The first-order valence-electron chi connectivity index (χ1n) is 11.1. The number of aromatic nitrogens is 1. The number of benzene rings is 1. The van der Waals surface area contributed by atoms with Gasteiger partial charge in [0, 0.05) is 48.8 Å². The van der Waals surface area contributed by atoms with Crippen LogP contribution in [0.4, 0.5) is 0 Å². The topological polar surface area (TPSA) is 88.6 Å². The van der Waals surface area contributed by atoms with E-state index in [4.69, 9.17) is 27.9 Å². The van der Waals surface area contributed by atoms with E-state index in [9.17, 15) is 14.4 Å². The highest BCUT2D eigenvalue weighted by Gasteiger charge is 2.30. The third-order valence-corrected chi connectivity index (χ3v) is 7.66. The van der Waals surface area contributed by atoms with Gasteiger partial charge in [-0.3, -0.25) is 14.6 Å². The van der Waals surface area contributed by atoms with Gasteiger partial charge in [0.2, 0.25) is 11.8 Å². The molecule has 3 rings (SSSR count). The molecule has 0 spiro atoms. The summed E-state index contributed by atoms with van der Waals surface area (Å²) in [6.07, 6.45) is 9.62. The summed E-state index contributed by atoms with van der Waals surface area (Å²) in [4.78, 5) is 44.3. The normalized spacial score (nSPS) is 15.1. The van der Waals surface area contributed by atoms with Gasteiger partial charge < -0.3 is 15.0 Å². The summed E-state index contributed by atoms with van der Waals surface area (Å²) in [5, 5.41) is 3.69. The molecule has 35 heavy (non-hydrogen) atoms. The van der Waals surface area contributed by atoms with E-state index in [1.165, 1.54) is 24.9 Å². The summed E-state index contributed by atoms with van der Waals surface area (Å²) >= 11 is 14.1. The molecular weight excluding hydrogens is 509 g/mol. The third kappa shape index (κ3) is 7.22. The van der Waals surface area contributed by atoms with Crippen LogP contribution in [0.1, 0.15) is 24.0 Å². The molecule has 1 aromatic heterocycles. The number of ether oxygens (including phenoxy) is 1. The fourth-order valence-electron chi connectivity index (χ4n) is 3.84. The van der Waals surface area contributed by atoms with Crippen LogP contribution in [0, 0.1) is 5.92 Å². The maximum Gasteiger partial charge on any atom is 0.328 e. The molecule has 10 heteroatoms. The summed E-state index contributed by atoms with van der Waals surface area (Å²) in [7, 11) is 1.30. The fraction of sp³-hybridized carbons (Fsp3) is 0.360. The number of nitrogens with zero attached hydrogens (tertiary/aromatic N) is 2. The fourth-order valence-corrected chi connectivity index (χ4v) is 5.01. The van der Waals surface area contributed by atoms with Gasteiger partial charge in [-0.2, -0.15) is 0 Å². The third-order valence-electron chi connectivity index (χ3n) is 5.87. The van der Waals surface area contributed by atoms with E-state index in [1.54, 1.807) is 35.5 Å². The Hall–Kier alpha value is -2.55. The van der Waals surface area contributed by atoms with Crippen molar-refractivity contribution in [2.24, 2.45) is 5.92 Å². The molecule has 2 aromatic rings. The standard InChI is InChI=1S/C25H27Cl2N3O4S/c1-34-25(33)19(15-16-7-11-28-12-8-16)29-24(32)18-9-13-30(14-10-18)21(31)6-4-17-3-5-20(35-2)23(27)22(17)26/h3-8,11-12,18-19H,9-10,13-15H2,1-2H3,(H,29,32)/b6-4+/t19-/m0/s1. The largest absolute Gasteiger partial charge is 0.467 e. The molecule has 2 heterocycles. The number of carbonyl (C=O) groups excluding carboxylic acids is 3. The summed E-state index contributed by atoms with van der Waals surface area (Å²) < 4.78 is 4.86. The summed E-state index contributed by atoms with van der Waals surface area (Å²) in [6.45, 7) is 0.878. The van der Waals surface area contributed by atoms with Crippen molar-refractivity contribution in [1.82, 2.24) is 15.2 Å². The maximum atomic E-state index is 12.9. The van der Waals surface area contributed by atoms with E-state index in [-0.39, 0.29) is 17.7 Å². The zero-order valence-corrected chi connectivity index (χ0v) is 21.8. The predicted molar refractivity (Wildman–Crippen MR) is 138 cm³/mol. The zero-order valence-electron chi connectivity index (χ0n) is 19.5. The van der Waals surface area contributed by atoms with Crippen molar-refractivity contribution in [2.45, 2.75) is 30.2 Å². The van der Waals surface area contributed by atoms with Gasteiger partial charge >= 0.3 is 5.97 Å². The van der Waals surface area contributed by atoms with Gasteiger partial charge in [0.15, 0.2) is 0 Å². The lowest BCUT2D eigenvalue weighted by Gasteiger charge is -2.31. The van der Waals surface area contributed by atoms with E-state index >= 15 is 0 Å². The minimum Gasteiger partial charge on any atom is -0.467 e. The van der Waals surface area contributed by atoms with Crippen molar-refractivity contribution in [3.05, 3.63) is 63.9 Å². The van der Waals surface area contributed by atoms with Crippen molar-refractivity contribution in [3.8, 4) is 0 Å². The Balaban J connectivity index is 1.55. The van der Waals surface area contributed by atoms with E-state index in [0.29, 0.717) is 48.0 Å². The minimum absolute atomic E-state index is 0.157. The number of likely N-dealkylation sites (tertiary alicyclic amines) is 1. The average molecular weight is 536 g/mol. The van der Waals surface area contributed by atoms with Crippen LogP contribution in [0.3, 0.4) is 0 Å². The Morgan fingerprint density at radius 3 is 2.49 bits per heavy atom. The lowest BCUT2D eigenvalue weighted by molar-refractivity contribution is -0.145. The molecule has 1 fully saturated rings. The second-order valence-electron chi connectivity index (χ2n) is 8.06. The van der Waals surface area contributed by atoms with Crippen LogP contribution in [0.5, 0.6) is 0 Å². The Morgan fingerprint density at radius 1 is 1.17 bits per heavy atom. The van der Waals surface area contributed by atoms with Gasteiger partial charge in [0.1, 0.15) is 6.04 Å². The highest BCUT2D eigenvalue weighted by atomic mass is 35.5. The Labute approximate surface area is 219 Å². The second kappa shape index (κ2) is 13.0. The number of amides is 2. The van der Waals surface area contributed by atoms with Gasteiger partial charge in [-0.15, -0.1) is 11.8 Å². The van der Waals surface area contributed by atoms with Gasteiger partial charge in [-0.05, 0) is 54.5 Å². The number of thioether (sulfide) groups is 1. The molecule has 1 atom stereocenters. The minimum atomic E-state index is -0.786. The van der Waals surface area contributed by atoms with Gasteiger partial charge in [-0.25, -0.2) is 4.79 Å². The Morgan fingerprint density at radius 2 is 1.86 bits per heavy atom. The summed E-state index contributed by atoms with van der Waals surface area (Å²) in [5.41, 5.74) is 1.53. The molecule has 0 bridgehead atoms. The van der Waals surface area contributed by atoms with Gasteiger partial charge in [0.05, 0.1) is 17.2 Å². The maximum absolute atomic E-state index is 12.9. The van der Waals surface area contributed by atoms with Crippen LogP contribution < -0.4 is 5.32 Å². The Kier molecular flexibility index (Phi) is 10.0. The number of carbonyl (C=O) groups is 3. The SMILES string of the molecule is COC(=O)[C@H](Cc1ccncc1)NC(=O)C1CCN(C(=O)/C=C/c2ccc(SC)c(Cl)c2Cl)CC1. The number of hydrogen-bond donors (Lipinski definition) is 1. The van der Waals surface area contributed by atoms with Crippen molar-refractivity contribution < 1.29 is 19.1 Å². The Bertz CT molecular complexity index is 1090. The van der Waals surface area contributed by atoms with Crippen LogP contribution in [0.15, 0.2) is 47.6 Å². The van der Waals surface area contributed by atoms with E-state index in [1.807, 2.05) is 18.4 Å². The molecular formula is C25H27Cl2N3O4S. The molecule has 0 aliphatic carbocycles. The van der Waals surface area contributed by atoms with E-state index in [2.05, 4.69) is 10.3 Å².